The highest BCUT2D eigenvalue weighted by Gasteiger charge is 2.21. The van der Waals surface area contributed by atoms with Gasteiger partial charge in [0.05, 0.1) is 12.6 Å². The molecule has 23 heavy (non-hydrogen) atoms. The maximum Gasteiger partial charge on any atom is 0.241 e. The Labute approximate surface area is 142 Å². The predicted octanol–water partition coefficient (Wildman–Crippen LogP) is 1.01. The Morgan fingerprint density at radius 3 is 2.52 bits per heavy atom. The van der Waals surface area contributed by atoms with Crippen molar-refractivity contribution in [3.05, 3.63) is 36.0 Å². The van der Waals surface area contributed by atoms with Crippen molar-refractivity contribution in [2.45, 2.75) is 12.5 Å². The van der Waals surface area contributed by atoms with E-state index in [9.17, 15) is 9.59 Å². The van der Waals surface area contributed by atoms with Crippen LogP contribution in [0.15, 0.2) is 30.5 Å². The molecule has 126 valence electrons. The number of hydrogen-bond acceptors (Lipinski definition) is 3. The van der Waals surface area contributed by atoms with Crippen LogP contribution in [0, 0.1) is 0 Å². The van der Waals surface area contributed by atoms with E-state index in [1.807, 2.05) is 30.5 Å². The summed E-state index contributed by atoms with van der Waals surface area (Å²) in [4.78, 5) is 29.9. The number of hydrogen-bond donors (Lipinski definition) is 2. The Balaban J connectivity index is 0.00000264. The van der Waals surface area contributed by atoms with Gasteiger partial charge in [0.15, 0.2) is 0 Å². The molecule has 1 aromatic carbocycles. The number of halogens is 1. The summed E-state index contributed by atoms with van der Waals surface area (Å²) >= 11 is 0. The van der Waals surface area contributed by atoms with Gasteiger partial charge in [0.25, 0.3) is 0 Å². The first-order chi connectivity index (χ1) is 10.4. The summed E-state index contributed by atoms with van der Waals surface area (Å²) in [6, 6.07) is 7.22. The summed E-state index contributed by atoms with van der Waals surface area (Å²) in [6.45, 7) is 0.0351. The number of benzene rings is 1. The molecule has 7 heteroatoms. The molecule has 0 saturated carbocycles. The van der Waals surface area contributed by atoms with Gasteiger partial charge in [0.2, 0.25) is 11.8 Å². The summed E-state index contributed by atoms with van der Waals surface area (Å²) in [6.07, 6.45) is 2.31. The van der Waals surface area contributed by atoms with E-state index < -0.39 is 6.04 Å². The Morgan fingerprint density at radius 2 is 1.87 bits per heavy atom. The van der Waals surface area contributed by atoms with Gasteiger partial charge in [0, 0.05) is 38.2 Å². The molecule has 1 heterocycles. The quantitative estimate of drug-likeness (QED) is 0.853. The number of carbonyl (C=O) groups is 2. The predicted molar refractivity (Wildman–Crippen MR) is 93.6 cm³/mol. The van der Waals surface area contributed by atoms with Gasteiger partial charge >= 0.3 is 0 Å². The Morgan fingerprint density at radius 1 is 1.22 bits per heavy atom. The van der Waals surface area contributed by atoms with E-state index >= 15 is 0 Å². The summed E-state index contributed by atoms with van der Waals surface area (Å²) in [5, 5.41) is 1.07. The monoisotopic (exact) mass is 338 g/mol. The number of aromatic nitrogens is 1. The van der Waals surface area contributed by atoms with Gasteiger partial charge in [0.1, 0.15) is 0 Å². The van der Waals surface area contributed by atoms with Crippen LogP contribution >= 0.6 is 12.4 Å². The second kappa shape index (κ2) is 7.99. The molecule has 3 N–H and O–H groups in total. The maximum absolute atomic E-state index is 12.3. The van der Waals surface area contributed by atoms with Gasteiger partial charge in [-0.15, -0.1) is 12.4 Å². The SMILES string of the molecule is CN(C)C(=O)CN(C)C(=O)[C@@H](N)Cc1c[nH]c2ccccc12.Cl. The van der Waals surface area contributed by atoms with Crippen molar-refractivity contribution in [2.75, 3.05) is 27.7 Å². The number of para-hydroxylation sites is 1. The molecule has 1 aromatic heterocycles. The smallest absolute Gasteiger partial charge is 0.241 e. The van der Waals surface area contributed by atoms with Crippen molar-refractivity contribution in [1.82, 2.24) is 14.8 Å². The van der Waals surface area contributed by atoms with Crippen LogP contribution in [0.5, 0.6) is 0 Å². The minimum absolute atomic E-state index is 0. The molecule has 0 unspecified atom stereocenters. The molecule has 2 aromatic rings. The third-order valence-corrected chi connectivity index (χ3v) is 3.68. The molecule has 0 fully saturated rings. The topological polar surface area (TPSA) is 82.4 Å². The number of nitrogens with one attached hydrogen (secondary N) is 1. The van der Waals surface area contributed by atoms with Crippen LogP contribution < -0.4 is 5.73 Å². The summed E-state index contributed by atoms with van der Waals surface area (Å²) in [7, 11) is 4.91. The van der Waals surface area contributed by atoms with Crippen LogP contribution in [0.3, 0.4) is 0 Å². The van der Waals surface area contributed by atoms with E-state index in [4.69, 9.17) is 5.73 Å². The molecule has 6 nitrogen and oxygen atoms in total. The number of amides is 2. The minimum Gasteiger partial charge on any atom is -0.361 e. The van der Waals surface area contributed by atoms with Gasteiger partial charge in [-0.2, -0.15) is 0 Å². The minimum atomic E-state index is -0.667. The van der Waals surface area contributed by atoms with Gasteiger partial charge in [-0.25, -0.2) is 0 Å². The Hall–Kier alpha value is -2.05. The van der Waals surface area contributed by atoms with E-state index in [1.165, 1.54) is 9.80 Å². The zero-order valence-electron chi connectivity index (χ0n) is 13.6. The van der Waals surface area contributed by atoms with E-state index in [0.29, 0.717) is 6.42 Å². The van der Waals surface area contributed by atoms with Crippen LogP contribution in [0.4, 0.5) is 0 Å². The molecule has 0 spiro atoms. The molecule has 0 aliphatic rings. The standard InChI is InChI=1S/C16H22N4O2.ClH/c1-19(2)15(21)10-20(3)16(22)13(17)8-11-9-18-14-7-5-4-6-12(11)14;/h4-7,9,13,18H,8,10,17H2,1-3H3;1H/t13-;/m0./s1. The molecule has 1 atom stereocenters. The number of aromatic amines is 1. The number of fused-ring (bicyclic) bond motifs is 1. The lowest BCUT2D eigenvalue weighted by Crippen LogP contribution is -2.46. The summed E-state index contributed by atoms with van der Waals surface area (Å²) in [5.74, 6) is -0.365. The van der Waals surface area contributed by atoms with Crippen LogP contribution in [0.2, 0.25) is 0 Å². The second-order valence-corrected chi connectivity index (χ2v) is 5.65. The zero-order valence-corrected chi connectivity index (χ0v) is 14.4. The van der Waals surface area contributed by atoms with Crippen molar-refractivity contribution in [2.24, 2.45) is 5.73 Å². The van der Waals surface area contributed by atoms with Crippen LogP contribution in [0.25, 0.3) is 10.9 Å². The van der Waals surface area contributed by atoms with Crippen molar-refractivity contribution >= 4 is 35.1 Å². The fraction of sp³-hybridized carbons (Fsp3) is 0.375. The van der Waals surface area contributed by atoms with Gasteiger partial charge in [-0.3, -0.25) is 9.59 Å². The molecule has 0 saturated heterocycles. The van der Waals surface area contributed by atoms with E-state index in [-0.39, 0.29) is 30.8 Å². The number of H-pyrrole nitrogens is 1. The van der Waals surface area contributed by atoms with Crippen molar-refractivity contribution in [1.29, 1.82) is 0 Å². The van der Waals surface area contributed by atoms with Gasteiger partial charge < -0.3 is 20.5 Å². The number of nitrogens with zero attached hydrogens (tertiary/aromatic N) is 2. The third kappa shape index (κ3) is 4.46. The molecule has 2 rings (SSSR count). The highest BCUT2D eigenvalue weighted by Crippen LogP contribution is 2.19. The van der Waals surface area contributed by atoms with E-state index in [1.54, 1.807) is 21.1 Å². The van der Waals surface area contributed by atoms with E-state index in [2.05, 4.69) is 4.98 Å². The lowest BCUT2D eigenvalue weighted by molar-refractivity contribution is -0.138. The first-order valence-corrected chi connectivity index (χ1v) is 7.16. The fourth-order valence-corrected chi connectivity index (χ4v) is 2.33. The van der Waals surface area contributed by atoms with Gasteiger partial charge in [-0.1, -0.05) is 18.2 Å². The second-order valence-electron chi connectivity index (χ2n) is 5.65. The lowest BCUT2D eigenvalue weighted by Gasteiger charge is -2.22. The normalized spacial score (nSPS) is 11.7. The number of rotatable bonds is 5. The number of likely N-dealkylation sites (N-methyl/N-ethyl adjacent to an activating group) is 2. The molecule has 0 aliphatic carbocycles. The highest BCUT2D eigenvalue weighted by atomic mass is 35.5. The summed E-state index contributed by atoms with van der Waals surface area (Å²) in [5.41, 5.74) is 8.05. The Bertz CT molecular complexity index is 684. The van der Waals surface area contributed by atoms with Crippen molar-refractivity contribution in [3.8, 4) is 0 Å². The van der Waals surface area contributed by atoms with Crippen LogP contribution in [0.1, 0.15) is 5.56 Å². The van der Waals surface area contributed by atoms with Crippen molar-refractivity contribution < 1.29 is 9.59 Å². The first-order valence-electron chi connectivity index (χ1n) is 7.16. The average molecular weight is 339 g/mol. The first kappa shape index (κ1) is 19.0. The molecular weight excluding hydrogens is 316 g/mol. The van der Waals surface area contributed by atoms with Crippen LogP contribution in [-0.2, 0) is 16.0 Å². The molecule has 2 amide bonds. The molecule has 0 radical (unpaired) electrons. The lowest BCUT2D eigenvalue weighted by atomic mass is 10.0. The maximum atomic E-state index is 12.3. The highest BCUT2D eigenvalue weighted by molar-refractivity contribution is 5.88. The van der Waals surface area contributed by atoms with Crippen molar-refractivity contribution in [3.63, 3.8) is 0 Å². The van der Waals surface area contributed by atoms with E-state index in [0.717, 1.165) is 16.5 Å². The zero-order chi connectivity index (χ0) is 16.3. The molecular formula is C16H23ClN4O2. The fourth-order valence-electron chi connectivity index (χ4n) is 2.33. The largest absolute Gasteiger partial charge is 0.361 e. The number of nitrogens with two attached hydrogens (primary N) is 1. The number of carbonyl (C=O) groups excluding carboxylic acids is 2. The third-order valence-electron chi connectivity index (χ3n) is 3.68. The molecule has 0 aliphatic heterocycles. The molecule has 0 bridgehead atoms. The van der Waals surface area contributed by atoms with Crippen LogP contribution in [-0.4, -0.2) is 60.3 Å². The van der Waals surface area contributed by atoms with Gasteiger partial charge in [-0.05, 0) is 18.1 Å². The Kier molecular flexibility index (Phi) is 6.60. The average Bonchev–Trinajstić information content (AvgIpc) is 2.89. The summed E-state index contributed by atoms with van der Waals surface area (Å²) < 4.78 is 0.